The Kier molecular flexibility index (Phi) is 3.77. The Balaban J connectivity index is 2.10. The summed E-state index contributed by atoms with van der Waals surface area (Å²) in [7, 11) is 0. The third kappa shape index (κ3) is 2.71. The number of carbonyl (C=O) groups is 1. The van der Waals surface area contributed by atoms with Gasteiger partial charge in [-0.1, -0.05) is 11.6 Å². The van der Waals surface area contributed by atoms with Gasteiger partial charge in [0.15, 0.2) is 5.78 Å². The van der Waals surface area contributed by atoms with Crippen LogP contribution >= 0.6 is 23.4 Å². The molecule has 1 saturated heterocycles. The normalized spacial score (nSPS) is 19.9. The van der Waals surface area contributed by atoms with Gasteiger partial charge in [-0.15, -0.1) is 0 Å². The molecule has 1 fully saturated rings. The molecule has 2 rings (SSSR count). The van der Waals surface area contributed by atoms with Crippen LogP contribution in [0.3, 0.4) is 0 Å². The first-order chi connectivity index (χ1) is 7.66. The van der Waals surface area contributed by atoms with Crippen LogP contribution in [-0.4, -0.2) is 17.3 Å². The fourth-order valence-corrected chi connectivity index (χ4v) is 3.38. The average molecular weight is 256 g/mol. The molecule has 0 bridgehead atoms. The molecule has 16 heavy (non-hydrogen) atoms. The number of hydrogen-bond acceptors (Lipinski definition) is 3. The van der Waals surface area contributed by atoms with Crippen LogP contribution in [0.15, 0.2) is 18.2 Å². The number of anilines is 1. The number of hydrogen-bond donors (Lipinski definition) is 1. The molecule has 1 atom stereocenters. The van der Waals surface area contributed by atoms with Crippen molar-refractivity contribution in [2.45, 2.75) is 12.8 Å². The molecule has 1 heterocycles. The first-order valence-electron chi connectivity index (χ1n) is 5.33. The lowest BCUT2D eigenvalue weighted by molar-refractivity contribution is 0.0966. The van der Waals surface area contributed by atoms with E-state index < -0.39 is 0 Å². The summed E-state index contributed by atoms with van der Waals surface area (Å²) in [6.07, 6.45) is 1.73. The quantitative estimate of drug-likeness (QED) is 0.666. The highest BCUT2D eigenvalue weighted by molar-refractivity contribution is 7.99. The zero-order chi connectivity index (χ0) is 11.5. The van der Waals surface area contributed by atoms with Crippen LogP contribution in [0, 0.1) is 5.92 Å². The van der Waals surface area contributed by atoms with Crippen LogP contribution < -0.4 is 5.73 Å². The van der Waals surface area contributed by atoms with Gasteiger partial charge in [-0.3, -0.25) is 4.79 Å². The van der Waals surface area contributed by atoms with Crippen LogP contribution in [-0.2, 0) is 0 Å². The van der Waals surface area contributed by atoms with Crippen molar-refractivity contribution in [1.29, 1.82) is 0 Å². The van der Waals surface area contributed by atoms with Gasteiger partial charge in [0.2, 0.25) is 0 Å². The van der Waals surface area contributed by atoms with Crippen molar-refractivity contribution < 1.29 is 4.79 Å². The smallest absolute Gasteiger partial charge is 0.164 e. The fourth-order valence-electron chi connectivity index (χ4n) is 1.87. The van der Waals surface area contributed by atoms with Crippen LogP contribution in [0.25, 0.3) is 0 Å². The van der Waals surface area contributed by atoms with Gasteiger partial charge in [-0.05, 0) is 42.0 Å². The second-order valence-electron chi connectivity index (χ2n) is 4.10. The second-order valence-corrected chi connectivity index (χ2v) is 5.65. The van der Waals surface area contributed by atoms with Crippen molar-refractivity contribution in [2.75, 3.05) is 17.2 Å². The summed E-state index contributed by atoms with van der Waals surface area (Å²) in [5.74, 6) is 2.88. The van der Waals surface area contributed by atoms with Gasteiger partial charge in [0.05, 0.1) is 5.02 Å². The van der Waals surface area contributed by atoms with E-state index in [4.69, 9.17) is 17.3 Å². The van der Waals surface area contributed by atoms with Crippen LogP contribution in [0.4, 0.5) is 5.69 Å². The zero-order valence-corrected chi connectivity index (χ0v) is 10.5. The predicted octanol–water partition coefficient (Wildman–Crippen LogP) is 3.25. The van der Waals surface area contributed by atoms with Crippen molar-refractivity contribution in [3.8, 4) is 0 Å². The van der Waals surface area contributed by atoms with E-state index >= 15 is 0 Å². The summed E-state index contributed by atoms with van der Waals surface area (Å²) in [4.78, 5) is 12.0. The molecule has 2 nitrogen and oxygen atoms in total. The van der Waals surface area contributed by atoms with Crippen molar-refractivity contribution in [2.24, 2.45) is 5.92 Å². The van der Waals surface area contributed by atoms with Gasteiger partial charge in [0, 0.05) is 17.7 Å². The van der Waals surface area contributed by atoms with Crippen LogP contribution in [0.2, 0.25) is 5.02 Å². The van der Waals surface area contributed by atoms with E-state index in [9.17, 15) is 4.79 Å². The van der Waals surface area contributed by atoms with E-state index in [1.165, 1.54) is 5.75 Å². The Morgan fingerprint density at radius 2 is 2.38 bits per heavy atom. The highest BCUT2D eigenvalue weighted by Crippen LogP contribution is 2.29. The maximum Gasteiger partial charge on any atom is 0.164 e. The molecule has 1 aliphatic heterocycles. The summed E-state index contributed by atoms with van der Waals surface area (Å²) in [6, 6.07) is 5.07. The molecule has 1 unspecified atom stereocenters. The monoisotopic (exact) mass is 255 g/mol. The Labute approximate surface area is 105 Å². The third-order valence-corrected chi connectivity index (χ3v) is 4.35. The number of Topliss-reactive ketones (excluding diaryl/α,β-unsaturated/α-hetero) is 1. The molecule has 0 aromatic heterocycles. The third-order valence-electron chi connectivity index (χ3n) is 2.79. The molecular weight excluding hydrogens is 242 g/mol. The molecule has 4 heteroatoms. The number of thioether (sulfide) groups is 1. The number of halogens is 1. The van der Waals surface area contributed by atoms with Gasteiger partial charge >= 0.3 is 0 Å². The van der Waals surface area contributed by atoms with E-state index in [0.29, 0.717) is 28.6 Å². The molecule has 0 radical (unpaired) electrons. The highest BCUT2D eigenvalue weighted by atomic mass is 35.5. The predicted molar refractivity (Wildman–Crippen MR) is 70.2 cm³/mol. The molecule has 0 spiro atoms. The molecule has 0 amide bonds. The molecule has 86 valence electrons. The second kappa shape index (κ2) is 5.11. The number of carbonyl (C=O) groups excluding carboxylic acids is 1. The maximum absolute atomic E-state index is 12.0. The SMILES string of the molecule is Nc1ccc(Cl)c(C(=O)CC2CCSC2)c1. The van der Waals surface area contributed by atoms with E-state index in [0.717, 1.165) is 12.2 Å². The van der Waals surface area contributed by atoms with E-state index in [2.05, 4.69) is 0 Å². The minimum absolute atomic E-state index is 0.116. The Morgan fingerprint density at radius 3 is 3.06 bits per heavy atom. The summed E-state index contributed by atoms with van der Waals surface area (Å²) >= 11 is 7.91. The summed E-state index contributed by atoms with van der Waals surface area (Å²) < 4.78 is 0. The van der Waals surface area contributed by atoms with Gasteiger partial charge in [0.1, 0.15) is 0 Å². The molecule has 1 aromatic rings. The van der Waals surface area contributed by atoms with Crippen molar-refractivity contribution in [3.05, 3.63) is 28.8 Å². The van der Waals surface area contributed by atoms with E-state index in [1.54, 1.807) is 18.2 Å². The molecule has 2 N–H and O–H groups in total. The zero-order valence-electron chi connectivity index (χ0n) is 8.91. The van der Waals surface area contributed by atoms with Gasteiger partial charge in [0.25, 0.3) is 0 Å². The minimum atomic E-state index is 0.116. The molecular formula is C12H14ClNOS. The summed E-state index contributed by atoms with van der Waals surface area (Å²) in [5, 5.41) is 0.504. The fraction of sp³-hybridized carbons (Fsp3) is 0.417. The number of ketones is 1. The number of nitrogens with two attached hydrogens (primary N) is 1. The molecule has 0 saturated carbocycles. The average Bonchev–Trinajstić information content (AvgIpc) is 2.74. The van der Waals surface area contributed by atoms with Crippen LogP contribution in [0.5, 0.6) is 0 Å². The van der Waals surface area contributed by atoms with Crippen molar-refractivity contribution >= 4 is 34.8 Å². The first-order valence-corrected chi connectivity index (χ1v) is 6.86. The number of benzene rings is 1. The lowest BCUT2D eigenvalue weighted by Crippen LogP contribution is -2.09. The Morgan fingerprint density at radius 1 is 1.56 bits per heavy atom. The van der Waals surface area contributed by atoms with Crippen molar-refractivity contribution in [1.82, 2.24) is 0 Å². The molecule has 1 aliphatic rings. The molecule has 1 aromatic carbocycles. The Bertz CT molecular complexity index is 402. The lowest BCUT2D eigenvalue weighted by Gasteiger charge is -2.08. The number of nitrogen functional groups attached to an aromatic ring is 1. The summed E-state index contributed by atoms with van der Waals surface area (Å²) in [6.45, 7) is 0. The van der Waals surface area contributed by atoms with Crippen LogP contribution in [0.1, 0.15) is 23.2 Å². The van der Waals surface area contributed by atoms with E-state index in [-0.39, 0.29) is 5.78 Å². The van der Waals surface area contributed by atoms with E-state index in [1.807, 2.05) is 11.8 Å². The van der Waals surface area contributed by atoms with Crippen molar-refractivity contribution in [3.63, 3.8) is 0 Å². The lowest BCUT2D eigenvalue weighted by atomic mass is 9.97. The maximum atomic E-state index is 12.0. The largest absolute Gasteiger partial charge is 0.399 e. The number of rotatable bonds is 3. The van der Waals surface area contributed by atoms with Gasteiger partial charge in [-0.2, -0.15) is 11.8 Å². The van der Waals surface area contributed by atoms with Gasteiger partial charge in [-0.25, -0.2) is 0 Å². The first kappa shape index (κ1) is 11.8. The highest BCUT2D eigenvalue weighted by Gasteiger charge is 2.21. The Hall–Kier alpha value is -0.670. The molecule has 0 aliphatic carbocycles. The summed E-state index contributed by atoms with van der Waals surface area (Å²) in [5.41, 5.74) is 6.82. The van der Waals surface area contributed by atoms with Gasteiger partial charge < -0.3 is 5.73 Å². The topological polar surface area (TPSA) is 43.1 Å². The minimum Gasteiger partial charge on any atom is -0.399 e. The standard InChI is InChI=1S/C12H14ClNOS/c13-11-2-1-9(14)6-10(11)12(15)5-8-3-4-16-7-8/h1-2,6,8H,3-5,7,14H2.